The van der Waals surface area contributed by atoms with Gasteiger partial charge in [-0.05, 0) is 94.6 Å². The van der Waals surface area contributed by atoms with E-state index in [1.807, 2.05) is 70.2 Å². The first-order valence-electron chi connectivity index (χ1n) is 13.2. The van der Waals surface area contributed by atoms with Gasteiger partial charge in [0.1, 0.15) is 11.5 Å². The van der Waals surface area contributed by atoms with Crippen molar-refractivity contribution < 1.29 is 19.4 Å². The molecule has 0 bridgehead atoms. The van der Waals surface area contributed by atoms with Gasteiger partial charge >= 0.3 is 0 Å². The lowest BCUT2D eigenvalue weighted by atomic mass is 9.94. The number of carbonyl (C=O) groups is 2. The molecule has 3 aromatic rings. The normalized spacial score (nSPS) is 16.8. The van der Waals surface area contributed by atoms with E-state index >= 15 is 0 Å². The second-order valence-electron chi connectivity index (χ2n) is 9.97. The minimum absolute atomic E-state index is 0.0492. The number of ether oxygens (including phenoxy) is 1. The molecule has 38 heavy (non-hydrogen) atoms. The maximum atomic E-state index is 13.5. The summed E-state index contributed by atoms with van der Waals surface area (Å²) < 4.78 is 5.80. The minimum Gasteiger partial charge on any atom is -0.507 e. The molecule has 0 aromatic heterocycles. The number of aryl methyl sites for hydroxylation is 2. The number of hydrogen-bond donors (Lipinski definition) is 1. The van der Waals surface area contributed by atoms with E-state index in [2.05, 4.69) is 18.7 Å². The fourth-order valence-electron chi connectivity index (χ4n) is 5.10. The lowest BCUT2D eigenvalue weighted by molar-refractivity contribution is -0.132. The van der Waals surface area contributed by atoms with Gasteiger partial charge in [0, 0.05) is 30.0 Å². The van der Waals surface area contributed by atoms with Crippen molar-refractivity contribution in [3.8, 4) is 5.75 Å². The monoisotopic (exact) mass is 512 g/mol. The summed E-state index contributed by atoms with van der Waals surface area (Å²) in [7, 11) is 0. The third-order valence-corrected chi connectivity index (χ3v) is 6.75. The van der Waals surface area contributed by atoms with E-state index in [4.69, 9.17) is 4.74 Å². The summed E-state index contributed by atoms with van der Waals surface area (Å²) in [6.45, 7) is 13.7. The first-order valence-corrected chi connectivity index (χ1v) is 13.2. The molecule has 1 amide bonds. The molecule has 1 unspecified atom stereocenters. The Kier molecular flexibility index (Phi) is 7.91. The minimum atomic E-state index is -0.781. The predicted octanol–water partition coefficient (Wildman–Crippen LogP) is 6.56. The molecule has 1 fully saturated rings. The van der Waals surface area contributed by atoms with Gasteiger partial charge in [-0.25, -0.2) is 0 Å². The van der Waals surface area contributed by atoms with Gasteiger partial charge in [0.2, 0.25) is 0 Å². The van der Waals surface area contributed by atoms with Crippen LogP contribution in [-0.4, -0.2) is 36.0 Å². The Morgan fingerprint density at radius 3 is 2.16 bits per heavy atom. The quantitative estimate of drug-likeness (QED) is 0.210. The van der Waals surface area contributed by atoms with Crippen molar-refractivity contribution in [1.82, 2.24) is 0 Å². The lowest BCUT2D eigenvalue weighted by Gasteiger charge is -2.27. The lowest BCUT2D eigenvalue weighted by Crippen LogP contribution is -2.29. The smallest absolute Gasteiger partial charge is 0.300 e. The van der Waals surface area contributed by atoms with E-state index in [1.165, 1.54) is 4.90 Å². The van der Waals surface area contributed by atoms with Gasteiger partial charge in [0.05, 0.1) is 17.7 Å². The van der Waals surface area contributed by atoms with E-state index < -0.39 is 17.7 Å². The van der Waals surface area contributed by atoms with E-state index in [9.17, 15) is 14.7 Å². The maximum Gasteiger partial charge on any atom is 0.300 e. The van der Waals surface area contributed by atoms with E-state index in [1.54, 1.807) is 24.3 Å². The molecule has 0 saturated carbocycles. The van der Waals surface area contributed by atoms with Gasteiger partial charge in [-0.15, -0.1) is 0 Å². The van der Waals surface area contributed by atoms with Crippen LogP contribution >= 0.6 is 0 Å². The number of aliphatic hydroxyl groups excluding tert-OH is 1. The van der Waals surface area contributed by atoms with E-state index in [0.29, 0.717) is 17.0 Å². The van der Waals surface area contributed by atoms with Crippen molar-refractivity contribution in [2.24, 2.45) is 0 Å². The highest BCUT2D eigenvalue weighted by Gasteiger charge is 2.47. The fourth-order valence-corrected chi connectivity index (χ4v) is 5.10. The van der Waals surface area contributed by atoms with Gasteiger partial charge in [-0.1, -0.05) is 30.3 Å². The highest BCUT2D eigenvalue weighted by atomic mass is 16.5. The number of hydrogen-bond acceptors (Lipinski definition) is 5. The molecule has 3 aromatic carbocycles. The van der Waals surface area contributed by atoms with Crippen LogP contribution < -0.4 is 14.5 Å². The molecule has 1 aliphatic heterocycles. The topological polar surface area (TPSA) is 70.1 Å². The molecule has 0 radical (unpaired) electrons. The first-order chi connectivity index (χ1) is 18.1. The maximum absolute atomic E-state index is 13.5. The number of nitrogens with zero attached hydrogens (tertiary/aromatic N) is 2. The number of amides is 1. The largest absolute Gasteiger partial charge is 0.507 e. The van der Waals surface area contributed by atoms with Crippen LogP contribution in [0.5, 0.6) is 5.75 Å². The Morgan fingerprint density at radius 2 is 1.58 bits per heavy atom. The number of Topliss-reactive ketones (excluding diaryl/α,β-unsaturated/α-hetero) is 1. The SMILES string of the molecule is CCN(CC)c1ccc(C2/C(=C(\O)c3cccc(OC(C)C)c3)C(=O)C(=O)N2c2cc(C)cc(C)c2)cc1. The third-order valence-electron chi connectivity index (χ3n) is 6.75. The summed E-state index contributed by atoms with van der Waals surface area (Å²) in [6, 6.07) is 19.9. The van der Waals surface area contributed by atoms with E-state index in [-0.39, 0.29) is 17.4 Å². The van der Waals surface area contributed by atoms with Crippen molar-refractivity contribution in [2.75, 3.05) is 22.9 Å². The van der Waals surface area contributed by atoms with Crippen molar-refractivity contribution in [3.05, 3.63) is 94.6 Å². The molecule has 4 rings (SSSR count). The Labute approximate surface area is 225 Å². The predicted molar refractivity (Wildman–Crippen MR) is 153 cm³/mol. The molecule has 6 heteroatoms. The Hall–Kier alpha value is -4.06. The summed E-state index contributed by atoms with van der Waals surface area (Å²) in [5, 5.41) is 11.5. The molecule has 198 valence electrons. The number of benzene rings is 3. The van der Waals surface area contributed by atoms with E-state index in [0.717, 1.165) is 35.5 Å². The second-order valence-corrected chi connectivity index (χ2v) is 9.97. The molecule has 0 spiro atoms. The van der Waals surface area contributed by atoms with Gasteiger partial charge in [-0.3, -0.25) is 14.5 Å². The number of anilines is 2. The molecule has 1 saturated heterocycles. The Balaban J connectivity index is 1.90. The molecule has 6 nitrogen and oxygen atoms in total. The zero-order valence-corrected chi connectivity index (χ0v) is 23.0. The molecular weight excluding hydrogens is 476 g/mol. The second kappa shape index (κ2) is 11.1. The molecule has 1 heterocycles. The standard InChI is InChI=1S/C32H36N2O4/c1-7-33(8-2)25-14-12-23(13-15-25)29-28(30(35)24-10-9-11-27(19-24)38-20(3)4)31(36)32(37)34(29)26-17-21(5)16-22(6)18-26/h9-20,29,35H,7-8H2,1-6H3/b30-28+. The molecule has 1 atom stereocenters. The van der Waals surface area contributed by atoms with Crippen LogP contribution in [0.2, 0.25) is 0 Å². The van der Waals surface area contributed by atoms with Crippen molar-refractivity contribution in [1.29, 1.82) is 0 Å². The number of aliphatic hydroxyl groups is 1. The molecule has 1 aliphatic rings. The Morgan fingerprint density at radius 1 is 0.947 bits per heavy atom. The van der Waals surface area contributed by atoms with Gasteiger partial charge in [-0.2, -0.15) is 0 Å². The molecule has 0 aliphatic carbocycles. The highest BCUT2D eigenvalue weighted by molar-refractivity contribution is 6.51. The van der Waals surface area contributed by atoms with Crippen molar-refractivity contribution >= 4 is 28.8 Å². The average Bonchev–Trinajstić information content (AvgIpc) is 3.14. The number of carbonyl (C=O) groups excluding carboxylic acids is 2. The van der Waals surface area contributed by atoms with Crippen LogP contribution in [0.1, 0.15) is 56.0 Å². The van der Waals surface area contributed by atoms with Crippen LogP contribution in [0.3, 0.4) is 0 Å². The van der Waals surface area contributed by atoms with Crippen molar-refractivity contribution in [2.45, 2.75) is 53.7 Å². The molecule has 1 N–H and O–H groups in total. The fraction of sp³-hybridized carbons (Fsp3) is 0.312. The zero-order chi connectivity index (χ0) is 27.6. The summed E-state index contributed by atoms with van der Waals surface area (Å²) in [6.07, 6.45) is -0.0492. The summed E-state index contributed by atoms with van der Waals surface area (Å²) in [5.74, 6) is -1.02. The van der Waals surface area contributed by atoms with Crippen LogP contribution in [0.4, 0.5) is 11.4 Å². The number of ketones is 1. The first kappa shape index (κ1) is 27.0. The molecular formula is C32H36N2O4. The summed E-state index contributed by atoms with van der Waals surface area (Å²) in [4.78, 5) is 30.8. The van der Waals surface area contributed by atoms with Crippen molar-refractivity contribution in [3.63, 3.8) is 0 Å². The van der Waals surface area contributed by atoms with Gasteiger partial charge in [0.15, 0.2) is 0 Å². The van der Waals surface area contributed by atoms with Gasteiger partial charge < -0.3 is 14.7 Å². The number of rotatable bonds is 8. The summed E-state index contributed by atoms with van der Waals surface area (Å²) >= 11 is 0. The van der Waals surface area contributed by atoms with Gasteiger partial charge in [0.25, 0.3) is 11.7 Å². The summed E-state index contributed by atoms with van der Waals surface area (Å²) in [5.41, 5.74) is 4.87. The van der Waals surface area contributed by atoms with Crippen LogP contribution in [-0.2, 0) is 9.59 Å². The average molecular weight is 513 g/mol. The zero-order valence-electron chi connectivity index (χ0n) is 23.0. The Bertz CT molecular complexity index is 1350. The van der Waals surface area contributed by atoms with Crippen LogP contribution in [0, 0.1) is 13.8 Å². The highest BCUT2D eigenvalue weighted by Crippen LogP contribution is 2.43. The van der Waals surface area contributed by atoms with Crippen LogP contribution in [0.25, 0.3) is 5.76 Å². The third kappa shape index (κ3) is 5.30. The van der Waals surface area contributed by atoms with Crippen LogP contribution in [0.15, 0.2) is 72.3 Å².